The summed E-state index contributed by atoms with van der Waals surface area (Å²) >= 11 is 0. The first-order chi connectivity index (χ1) is 15.0. The van der Waals surface area contributed by atoms with Gasteiger partial charge in [0, 0.05) is 17.3 Å². The smallest absolute Gasteiger partial charge is 0.329 e. The number of benzene rings is 2. The van der Waals surface area contributed by atoms with Gasteiger partial charge in [0.25, 0.3) is 5.91 Å². The van der Waals surface area contributed by atoms with E-state index in [1.807, 2.05) is 12.1 Å². The van der Waals surface area contributed by atoms with Gasteiger partial charge < -0.3 is 15.1 Å². The topological polar surface area (TPSA) is 115 Å². The highest BCUT2D eigenvalue weighted by molar-refractivity contribution is 6.15. The zero-order valence-corrected chi connectivity index (χ0v) is 16.2. The summed E-state index contributed by atoms with van der Waals surface area (Å²) in [5.41, 5.74) is 1.89. The van der Waals surface area contributed by atoms with Crippen LogP contribution in [0.15, 0.2) is 76.8 Å². The number of nitrogens with one attached hydrogen (secondary N) is 2. The molecule has 152 valence electrons. The fourth-order valence-corrected chi connectivity index (χ4v) is 3.02. The number of anilines is 1. The Bertz CT molecular complexity index is 1220. The van der Waals surface area contributed by atoms with Crippen molar-refractivity contribution >= 4 is 29.6 Å². The van der Waals surface area contributed by atoms with Crippen LogP contribution in [0, 0.1) is 11.3 Å². The standard InChI is InChI=1S/C23H16N4O4/c24-13-15-6-8-16(9-7-15)20-11-10-18(31-20)12-19-22(29)27(23(30)26-19)14-21(28)25-17-4-2-1-3-5-17/h1-12H,14H2,(H,25,28)(H,26,30). The molecule has 0 atom stereocenters. The highest BCUT2D eigenvalue weighted by Gasteiger charge is 2.35. The van der Waals surface area contributed by atoms with Crippen LogP contribution in [0.5, 0.6) is 0 Å². The van der Waals surface area contributed by atoms with E-state index >= 15 is 0 Å². The van der Waals surface area contributed by atoms with Crippen molar-refractivity contribution in [3.8, 4) is 17.4 Å². The fourth-order valence-electron chi connectivity index (χ4n) is 3.02. The number of nitriles is 1. The Morgan fingerprint density at radius 3 is 2.52 bits per heavy atom. The molecule has 1 aliphatic rings. The number of carbonyl (C=O) groups excluding carboxylic acids is 3. The van der Waals surface area contributed by atoms with Crippen molar-refractivity contribution in [2.75, 3.05) is 11.9 Å². The second-order valence-electron chi connectivity index (χ2n) is 6.68. The summed E-state index contributed by atoms with van der Waals surface area (Å²) in [6.45, 7) is -0.411. The molecule has 2 heterocycles. The highest BCUT2D eigenvalue weighted by atomic mass is 16.3. The number of nitrogens with zero attached hydrogens (tertiary/aromatic N) is 2. The van der Waals surface area contributed by atoms with Gasteiger partial charge in [-0.25, -0.2) is 9.69 Å². The first-order valence-electron chi connectivity index (χ1n) is 9.33. The molecule has 0 bridgehead atoms. The van der Waals surface area contributed by atoms with E-state index in [9.17, 15) is 14.4 Å². The number of hydrogen-bond donors (Lipinski definition) is 2. The summed E-state index contributed by atoms with van der Waals surface area (Å²) in [6, 6.07) is 20.4. The van der Waals surface area contributed by atoms with Crippen LogP contribution >= 0.6 is 0 Å². The van der Waals surface area contributed by atoms with Crippen LogP contribution in [0.25, 0.3) is 17.4 Å². The van der Waals surface area contributed by atoms with Crippen molar-refractivity contribution in [3.05, 3.63) is 83.8 Å². The third kappa shape index (κ3) is 4.36. The molecule has 31 heavy (non-hydrogen) atoms. The number of hydrogen-bond acceptors (Lipinski definition) is 5. The third-order valence-corrected chi connectivity index (χ3v) is 4.53. The molecule has 2 N–H and O–H groups in total. The van der Waals surface area contributed by atoms with Crippen LogP contribution in [-0.2, 0) is 9.59 Å². The maximum Gasteiger partial charge on any atom is 0.329 e. The quantitative estimate of drug-likeness (QED) is 0.493. The molecule has 2 aromatic carbocycles. The third-order valence-electron chi connectivity index (χ3n) is 4.53. The number of urea groups is 1. The van der Waals surface area contributed by atoms with Crippen molar-refractivity contribution in [3.63, 3.8) is 0 Å². The van der Waals surface area contributed by atoms with Crippen LogP contribution in [0.4, 0.5) is 10.5 Å². The Morgan fingerprint density at radius 2 is 1.81 bits per heavy atom. The second kappa shape index (κ2) is 8.39. The largest absolute Gasteiger partial charge is 0.457 e. The average Bonchev–Trinajstić information content (AvgIpc) is 3.35. The molecule has 8 heteroatoms. The van der Waals surface area contributed by atoms with Crippen molar-refractivity contribution in [2.45, 2.75) is 0 Å². The summed E-state index contributed by atoms with van der Waals surface area (Å²) in [7, 11) is 0. The van der Waals surface area contributed by atoms with E-state index in [0.717, 1.165) is 10.5 Å². The molecule has 0 unspecified atom stereocenters. The van der Waals surface area contributed by atoms with Crippen LogP contribution in [0.2, 0.25) is 0 Å². The molecule has 8 nitrogen and oxygen atoms in total. The van der Waals surface area contributed by atoms with Crippen molar-refractivity contribution < 1.29 is 18.8 Å². The normalized spacial score (nSPS) is 14.4. The van der Waals surface area contributed by atoms with Gasteiger partial charge in [0.2, 0.25) is 5.91 Å². The predicted octanol–water partition coefficient (Wildman–Crippen LogP) is 3.35. The molecule has 0 spiro atoms. The molecule has 4 amide bonds. The first-order valence-corrected chi connectivity index (χ1v) is 9.33. The van der Waals surface area contributed by atoms with E-state index in [-0.39, 0.29) is 5.70 Å². The SMILES string of the molecule is N#Cc1ccc(-c2ccc(C=C3NC(=O)N(CC(=O)Nc4ccccc4)C3=O)o2)cc1. The highest BCUT2D eigenvalue weighted by Crippen LogP contribution is 2.24. The molecule has 1 aliphatic heterocycles. The first kappa shape index (κ1) is 19.7. The van der Waals surface area contributed by atoms with Gasteiger partial charge in [0.1, 0.15) is 23.8 Å². The number of furan rings is 1. The summed E-state index contributed by atoms with van der Waals surface area (Å²) < 4.78 is 5.72. The Morgan fingerprint density at radius 1 is 1.06 bits per heavy atom. The van der Waals surface area contributed by atoms with E-state index in [1.54, 1.807) is 60.7 Å². The van der Waals surface area contributed by atoms with Gasteiger partial charge in [-0.1, -0.05) is 18.2 Å². The second-order valence-corrected chi connectivity index (χ2v) is 6.68. The minimum Gasteiger partial charge on any atom is -0.457 e. The van der Waals surface area contributed by atoms with Crippen molar-refractivity contribution in [2.24, 2.45) is 0 Å². The van der Waals surface area contributed by atoms with E-state index in [0.29, 0.717) is 22.8 Å². The Hall–Kier alpha value is -4.64. The molecular weight excluding hydrogens is 396 g/mol. The molecule has 1 aromatic heterocycles. The van der Waals surface area contributed by atoms with Gasteiger partial charge in [-0.3, -0.25) is 9.59 Å². The Labute approximate surface area is 177 Å². The zero-order valence-electron chi connectivity index (χ0n) is 16.2. The molecule has 0 radical (unpaired) electrons. The molecule has 0 aliphatic carbocycles. The molecule has 1 saturated heterocycles. The lowest BCUT2D eigenvalue weighted by Gasteiger charge is -2.11. The van der Waals surface area contributed by atoms with Gasteiger partial charge in [0.15, 0.2) is 0 Å². The van der Waals surface area contributed by atoms with Crippen molar-refractivity contribution in [1.29, 1.82) is 5.26 Å². The van der Waals surface area contributed by atoms with Crippen LogP contribution in [0.3, 0.4) is 0 Å². The number of amides is 4. The summed E-state index contributed by atoms with van der Waals surface area (Å²) in [6.07, 6.45) is 1.41. The van der Waals surface area contributed by atoms with Gasteiger partial charge in [0.05, 0.1) is 11.6 Å². The lowest BCUT2D eigenvalue weighted by atomic mass is 10.1. The van der Waals surface area contributed by atoms with E-state index in [2.05, 4.69) is 10.6 Å². The molecule has 3 aromatic rings. The van der Waals surface area contributed by atoms with Crippen molar-refractivity contribution in [1.82, 2.24) is 10.2 Å². The van der Waals surface area contributed by atoms with Gasteiger partial charge >= 0.3 is 6.03 Å². The van der Waals surface area contributed by atoms with E-state index in [1.165, 1.54) is 6.08 Å². The molecular formula is C23H16N4O4. The molecule has 1 fully saturated rings. The summed E-state index contributed by atoms with van der Waals surface area (Å²) in [5, 5.41) is 14.0. The van der Waals surface area contributed by atoms with Gasteiger partial charge in [-0.2, -0.15) is 5.26 Å². The maximum atomic E-state index is 12.6. The lowest BCUT2D eigenvalue weighted by Crippen LogP contribution is -2.38. The van der Waals surface area contributed by atoms with Crippen LogP contribution in [0.1, 0.15) is 11.3 Å². The fraction of sp³-hybridized carbons (Fsp3) is 0.0435. The monoisotopic (exact) mass is 412 g/mol. The Balaban J connectivity index is 1.45. The van der Waals surface area contributed by atoms with E-state index < -0.39 is 24.4 Å². The number of rotatable bonds is 5. The van der Waals surface area contributed by atoms with Crippen LogP contribution in [-0.4, -0.2) is 29.3 Å². The van der Waals surface area contributed by atoms with Gasteiger partial charge in [-0.15, -0.1) is 0 Å². The molecule has 4 rings (SSSR count). The minimum absolute atomic E-state index is 0.0123. The Kier molecular flexibility index (Phi) is 5.32. The van der Waals surface area contributed by atoms with E-state index in [4.69, 9.17) is 9.68 Å². The predicted molar refractivity (Wildman–Crippen MR) is 112 cm³/mol. The summed E-state index contributed by atoms with van der Waals surface area (Å²) in [4.78, 5) is 37.8. The molecule has 0 saturated carbocycles. The maximum absolute atomic E-state index is 12.6. The zero-order chi connectivity index (χ0) is 21.8. The minimum atomic E-state index is -0.682. The number of imide groups is 1. The van der Waals surface area contributed by atoms with Crippen LogP contribution < -0.4 is 10.6 Å². The number of para-hydroxylation sites is 1. The summed E-state index contributed by atoms with van der Waals surface area (Å²) in [5.74, 6) is -0.201. The number of carbonyl (C=O) groups is 3. The van der Waals surface area contributed by atoms with Gasteiger partial charge in [-0.05, 0) is 48.5 Å². The average molecular weight is 412 g/mol. The lowest BCUT2D eigenvalue weighted by molar-refractivity contribution is -0.127.